The monoisotopic (exact) mass is 506 g/mol. The van der Waals surface area contributed by atoms with E-state index in [2.05, 4.69) is 43.1 Å². The number of amides is 1. The lowest BCUT2D eigenvalue weighted by atomic mass is 9.90. The summed E-state index contributed by atoms with van der Waals surface area (Å²) in [5.41, 5.74) is 5.35. The zero-order valence-corrected chi connectivity index (χ0v) is 22.3. The third kappa shape index (κ3) is 7.61. The van der Waals surface area contributed by atoms with Crippen LogP contribution in [-0.2, 0) is 0 Å². The number of ether oxygens (including phenoxy) is 2. The lowest BCUT2D eigenvalue weighted by Crippen LogP contribution is -2.27. The zero-order chi connectivity index (χ0) is 25.9. The number of rotatable bonds is 11. The molecular weight excluding hydrogens is 472 g/mol. The summed E-state index contributed by atoms with van der Waals surface area (Å²) in [6, 6.07) is 23.6. The van der Waals surface area contributed by atoms with Gasteiger partial charge in [0.05, 0.1) is 0 Å². The Hall–Kier alpha value is -3.28. The predicted octanol–water partition coefficient (Wildman–Crippen LogP) is 7.15. The Labute approximate surface area is 219 Å². The van der Waals surface area contributed by atoms with Crippen molar-refractivity contribution in [1.29, 1.82) is 0 Å². The average molecular weight is 507 g/mol. The van der Waals surface area contributed by atoms with E-state index >= 15 is 0 Å². The molecule has 0 aliphatic carbocycles. The Morgan fingerprint density at radius 2 is 1.33 bits per heavy atom. The highest BCUT2D eigenvalue weighted by atomic mass is 35.5. The van der Waals surface area contributed by atoms with Gasteiger partial charge < -0.3 is 19.7 Å². The first-order valence-electron chi connectivity index (χ1n) is 12.4. The van der Waals surface area contributed by atoms with Crippen molar-refractivity contribution in [3.05, 3.63) is 94.5 Å². The highest BCUT2D eigenvalue weighted by molar-refractivity contribution is 6.30. The van der Waals surface area contributed by atoms with Gasteiger partial charge in [0.2, 0.25) is 0 Å². The number of carbonyl (C=O) groups excluding carboxylic acids is 1. The minimum atomic E-state index is -0.463. The topological polar surface area (TPSA) is 50.8 Å². The van der Waals surface area contributed by atoms with Crippen LogP contribution in [0.15, 0.2) is 72.8 Å². The average Bonchev–Trinajstić information content (AvgIpc) is 2.89. The van der Waals surface area contributed by atoms with Gasteiger partial charge in [-0.15, -0.1) is 0 Å². The van der Waals surface area contributed by atoms with Gasteiger partial charge in [-0.3, -0.25) is 0 Å². The summed E-state index contributed by atoms with van der Waals surface area (Å²) in [5.74, 6) is 1.34. The molecule has 0 aliphatic rings. The molecule has 5 nitrogen and oxygen atoms in total. The molecule has 3 aromatic carbocycles. The minimum Gasteiger partial charge on any atom is -0.492 e. The number of benzene rings is 3. The summed E-state index contributed by atoms with van der Waals surface area (Å²) >= 11 is 6.13. The minimum absolute atomic E-state index is 0.463. The van der Waals surface area contributed by atoms with Crippen molar-refractivity contribution in [3.8, 4) is 11.5 Å². The van der Waals surface area contributed by atoms with Gasteiger partial charge in [0, 0.05) is 18.1 Å². The lowest BCUT2D eigenvalue weighted by molar-refractivity contribution is 0.201. The van der Waals surface area contributed by atoms with Gasteiger partial charge in [-0.1, -0.05) is 61.8 Å². The molecule has 0 unspecified atom stereocenters. The van der Waals surface area contributed by atoms with E-state index < -0.39 is 6.09 Å². The molecule has 3 aromatic rings. The van der Waals surface area contributed by atoms with Crippen LogP contribution in [0.5, 0.6) is 11.5 Å². The van der Waals surface area contributed by atoms with Crippen LogP contribution in [0.4, 0.5) is 4.79 Å². The lowest BCUT2D eigenvalue weighted by Gasteiger charge is -2.18. The number of nitrogens with one attached hydrogen (secondary N) is 1. The van der Waals surface area contributed by atoms with Gasteiger partial charge in [-0.2, -0.15) is 0 Å². The standard InChI is InChI=1S/C30H35ClN2O3/c1-5-32-30(34)36-28-18-12-25(13-19-28)29(22(4)23-8-14-26(31)15-9-23)24-10-16-27(17-11-24)35-21-20-33(6-2)7-3/h8-19H,5-7,20-21H2,1-4H3,(H,32,34)/b29-22+. The highest BCUT2D eigenvalue weighted by Gasteiger charge is 2.13. The molecule has 0 bridgehead atoms. The summed E-state index contributed by atoms with van der Waals surface area (Å²) in [5, 5.41) is 3.34. The molecule has 0 spiro atoms. The summed E-state index contributed by atoms with van der Waals surface area (Å²) in [7, 11) is 0. The van der Waals surface area contributed by atoms with Crippen molar-refractivity contribution in [3.63, 3.8) is 0 Å². The summed E-state index contributed by atoms with van der Waals surface area (Å²) in [4.78, 5) is 14.1. The van der Waals surface area contributed by atoms with Crippen molar-refractivity contribution >= 4 is 28.8 Å². The molecule has 0 radical (unpaired) electrons. The highest BCUT2D eigenvalue weighted by Crippen LogP contribution is 2.34. The smallest absolute Gasteiger partial charge is 0.412 e. The number of hydrogen-bond donors (Lipinski definition) is 1. The van der Waals surface area contributed by atoms with E-state index in [4.69, 9.17) is 21.1 Å². The maximum absolute atomic E-state index is 11.8. The number of allylic oxidation sites excluding steroid dienone is 1. The number of halogens is 1. The van der Waals surface area contributed by atoms with Gasteiger partial charge in [0.1, 0.15) is 18.1 Å². The number of hydrogen-bond acceptors (Lipinski definition) is 4. The van der Waals surface area contributed by atoms with Crippen LogP contribution in [-0.4, -0.2) is 43.8 Å². The van der Waals surface area contributed by atoms with E-state index in [0.29, 0.717) is 23.9 Å². The van der Waals surface area contributed by atoms with Gasteiger partial charge in [-0.25, -0.2) is 4.79 Å². The summed E-state index contributed by atoms with van der Waals surface area (Å²) < 4.78 is 11.3. The quantitative estimate of drug-likeness (QED) is 0.280. The molecule has 0 fully saturated rings. The molecule has 0 heterocycles. The Morgan fingerprint density at radius 1 is 0.806 bits per heavy atom. The van der Waals surface area contributed by atoms with Crippen LogP contribution in [0.2, 0.25) is 5.02 Å². The van der Waals surface area contributed by atoms with Crippen molar-refractivity contribution in [1.82, 2.24) is 10.2 Å². The molecule has 1 N–H and O–H groups in total. The molecule has 0 saturated heterocycles. The molecular formula is C30H35ClN2O3. The summed E-state index contributed by atoms with van der Waals surface area (Å²) in [6.45, 7) is 12.4. The van der Waals surface area contributed by atoms with Crippen LogP contribution >= 0.6 is 11.6 Å². The molecule has 0 aromatic heterocycles. The van der Waals surface area contributed by atoms with Crippen LogP contribution in [0.25, 0.3) is 11.1 Å². The Morgan fingerprint density at radius 3 is 1.86 bits per heavy atom. The predicted molar refractivity (Wildman–Crippen MR) is 149 cm³/mol. The van der Waals surface area contributed by atoms with Crippen molar-refractivity contribution in [2.24, 2.45) is 0 Å². The van der Waals surface area contributed by atoms with E-state index in [9.17, 15) is 4.79 Å². The fraction of sp³-hybridized carbons (Fsp3) is 0.300. The SMILES string of the molecule is CCNC(=O)Oc1ccc(/C(=C(\C)c2ccc(Cl)cc2)c2ccc(OCCN(CC)CC)cc2)cc1. The second-order valence-electron chi connectivity index (χ2n) is 8.35. The normalized spacial score (nSPS) is 11.7. The molecule has 0 aliphatic heterocycles. The Balaban J connectivity index is 1.89. The second-order valence-corrected chi connectivity index (χ2v) is 8.79. The third-order valence-electron chi connectivity index (χ3n) is 6.04. The van der Waals surface area contributed by atoms with Crippen molar-refractivity contribution in [2.45, 2.75) is 27.7 Å². The van der Waals surface area contributed by atoms with Gasteiger partial charge >= 0.3 is 6.09 Å². The number of nitrogens with zero attached hydrogens (tertiary/aromatic N) is 1. The zero-order valence-electron chi connectivity index (χ0n) is 21.5. The molecule has 190 valence electrons. The molecule has 0 atom stereocenters. The first-order valence-corrected chi connectivity index (χ1v) is 12.8. The number of likely N-dealkylation sites (N-methyl/N-ethyl adjacent to an activating group) is 1. The fourth-order valence-corrected chi connectivity index (χ4v) is 4.10. The largest absolute Gasteiger partial charge is 0.492 e. The van der Waals surface area contributed by atoms with Crippen molar-refractivity contribution < 1.29 is 14.3 Å². The first-order chi connectivity index (χ1) is 17.4. The van der Waals surface area contributed by atoms with Crippen LogP contribution in [0.1, 0.15) is 44.4 Å². The molecule has 36 heavy (non-hydrogen) atoms. The van der Waals surface area contributed by atoms with E-state index in [-0.39, 0.29) is 0 Å². The third-order valence-corrected chi connectivity index (χ3v) is 6.29. The Bertz CT molecular complexity index is 1140. The van der Waals surface area contributed by atoms with Crippen LogP contribution in [0.3, 0.4) is 0 Å². The fourth-order valence-electron chi connectivity index (χ4n) is 3.97. The van der Waals surface area contributed by atoms with Crippen LogP contribution in [0, 0.1) is 0 Å². The van der Waals surface area contributed by atoms with Gasteiger partial charge in [-0.05, 0) is 91.2 Å². The van der Waals surface area contributed by atoms with E-state index in [0.717, 1.165) is 53.2 Å². The maximum Gasteiger partial charge on any atom is 0.412 e. The Kier molecular flexibility index (Phi) is 10.4. The molecule has 0 saturated carbocycles. The molecule has 1 amide bonds. The van der Waals surface area contributed by atoms with Gasteiger partial charge in [0.25, 0.3) is 0 Å². The van der Waals surface area contributed by atoms with E-state index in [1.54, 1.807) is 0 Å². The van der Waals surface area contributed by atoms with Gasteiger partial charge in [0.15, 0.2) is 0 Å². The first kappa shape index (κ1) is 27.3. The van der Waals surface area contributed by atoms with E-state index in [1.807, 2.05) is 67.6 Å². The van der Waals surface area contributed by atoms with E-state index in [1.165, 1.54) is 0 Å². The summed E-state index contributed by atoms with van der Waals surface area (Å²) in [6.07, 6.45) is -0.463. The maximum atomic E-state index is 11.8. The van der Waals surface area contributed by atoms with Crippen molar-refractivity contribution in [2.75, 3.05) is 32.8 Å². The molecule has 6 heteroatoms. The van der Waals surface area contributed by atoms with Crippen LogP contribution < -0.4 is 14.8 Å². The number of carbonyl (C=O) groups is 1. The molecule has 3 rings (SSSR count). The second kappa shape index (κ2) is 13.7.